The summed E-state index contributed by atoms with van der Waals surface area (Å²) in [6.07, 6.45) is 3.30. The van der Waals surface area contributed by atoms with Crippen molar-refractivity contribution in [1.82, 2.24) is 79.5 Å². The minimum atomic E-state index is -1.51. The smallest absolute Gasteiger partial charge is 0.488 e. The van der Waals surface area contributed by atoms with Crippen LogP contribution in [0.25, 0.3) is 75.0 Å². The predicted octanol–water partition coefficient (Wildman–Crippen LogP) is 14.0. The normalized spacial score (nSPS) is 16.9. The number of morpholine rings is 4. The molecule has 12 aromatic rings. The predicted molar refractivity (Wildman–Crippen MR) is 584 cm³/mol. The molecular weight excluding hydrogens is 2050 g/mol. The Bertz CT molecular complexity index is 6530. The molecule has 0 bridgehead atoms. The second-order valence-electron chi connectivity index (χ2n) is 38.1. The molecule has 149 heavy (non-hydrogen) atoms. The number of amides is 3. The van der Waals surface area contributed by atoms with Crippen LogP contribution >= 0.6 is 81.1 Å². The number of anilines is 4. The maximum atomic E-state index is 12.5. The van der Waals surface area contributed by atoms with Gasteiger partial charge in [0.15, 0.2) is 46.5 Å². The van der Waals surface area contributed by atoms with Crippen LogP contribution in [-0.2, 0) is 64.2 Å². The van der Waals surface area contributed by atoms with Gasteiger partial charge in [-0.15, -0.1) is 57.8 Å². The number of nitrogens with zero attached hydrogens (tertiary/aromatic N) is 22. The van der Waals surface area contributed by atoms with Crippen molar-refractivity contribution in [3.63, 3.8) is 0 Å². The van der Waals surface area contributed by atoms with Gasteiger partial charge >= 0.3 is 19.3 Å². The molecule has 0 aliphatic carbocycles. The number of ether oxygens (including phenoxy) is 6. The van der Waals surface area contributed by atoms with Gasteiger partial charge in [-0.2, -0.15) is 10.5 Å². The Kier molecular flexibility index (Phi) is 41.4. The molecular formula is C101H128BCl3N24O16S4. The van der Waals surface area contributed by atoms with Crippen molar-refractivity contribution in [2.45, 2.75) is 98.7 Å². The third kappa shape index (κ3) is 32.8. The largest absolute Gasteiger partial charge is 0.508 e. The van der Waals surface area contributed by atoms with Crippen molar-refractivity contribution < 1.29 is 78.1 Å². The number of carbonyl (C=O) groups excluding carboxylic acids is 4. The molecule has 4 aromatic carbocycles. The molecule has 8 aliphatic rings. The molecule has 8 aliphatic heterocycles. The zero-order valence-electron chi connectivity index (χ0n) is 84.6. The second-order valence-corrected chi connectivity index (χ2v) is 43.1. The van der Waals surface area contributed by atoms with Gasteiger partial charge in [-0.1, -0.05) is 59.2 Å². The van der Waals surface area contributed by atoms with Crippen LogP contribution in [-0.4, -0.2) is 357 Å². The highest BCUT2D eigenvalue weighted by atomic mass is 35.5. The highest BCUT2D eigenvalue weighted by molar-refractivity contribution is 7.20. The van der Waals surface area contributed by atoms with E-state index in [1.807, 2.05) is 76.8 Å². The number of hydrogen-bond donors (Lipinski definition) is 8. The zero-order chi connectivity index (χ0) is 104. The van der Waals surface area contributed by atoms with Crippen molar-refractivity contribution in [2.24, 2.45) is 15.1 Å². The number of hydrogen-bond acceptors (Lipinski definition) is 39. The number of aromatic hydroxyl groups is 4. The van der Waals surface area contributed by atoms with Crippen LogP contribution < -0.4 is 30.4 Å². The van der Waals surface area contributed by atoms with Crippen molar-refractivity contribution in [1.29, 1.82) is 5.53 Å². The average Bonchev–Trinajstić information content (AvgIpc) is 1.66. The molecule has 796 valence electrons. The number of benzene rings is 4. The summed E-state index contributed by atoms with van der Waals surface area (Å²) in [4.78, 5) is 116. The molecule has 0 saturated carbocycles. The van der Waals surface area contributed by atoms with Gasteiger partial charge in [0, 0.05) is 232 Å². The summed E-state index contributed by atoms with van der Waals surface area (Å²) in [5.74, 6) is 6.26. The van der Waals surface area contributed by atoms with Gasteiger partial charge in [0.25, 0.3) is 0 Å². The number of thiophene rings is 4. The third-order valence-electron chi connectivity index (χ3n) is 24.8. The lowest BCUT2D eigenvalue weighted by molar-refractivity contribution is -0.134. The van der Waals surface area contributed by atoms with Crippen LogP contribution in [0.4, 0.5) is 32.9 Å². The fourth-order valence-electron chi connectivity index (χ4n) is 17.5. The van der Waals surface area contributed by atoms with E-state index in [1.165, 1.54) is 43.8 Å². The van der Waals surface area contributed by atoms with E-state index in [0.29, 0.717) is 115 Å². The molecule has 0 unspecified atom stereocenters. The van der Waals surface area contributed by atoms with Crippen LogP contribution in [0.1, 0.15) is 80.8 Å². The number of carbonyl (C=O) groups is 4. The maximum Gasteiger partial charge on any atom is 0.488 e. The van der Waals surface area contributed by atoms with Gasteiger partial charge in [0.2, 0.25) is 11.2 Å². The lowest BCUT2D eigenvalue weighted by Crippen LogP contribution is -2.49. The molecule has 48 heteroatoms. The number of allylic oxidation sites excluding steroid dienone is 2. The lowest BCUT2D eigenvalue weighted by Gasteiger charge is -2.35. The molecule has 0 spiro atoms. The van der Waals surface area contributed by atoms with Gasteiger partial charge in [-0.3, -0.25) is 29.2 Å². The summed E-state index contributed by atoms with van der Waals surface area (Å²) >= 11 is 17.7. The van der Waals surface area contributed by atoms with Crippen molar-refractivity contribution in [3.05, 3.63) is 158 Å². The van der Waals surface area contributed by atoms with E-state index in [-0.39, 0.29) is 77.4 Å². The van der Waals surface area contributed by atoms with Crippen molar-refractivity contribution in [2.75, 3.05) is 230 Å². The highest BCUT2D eigenvalue weighted by Crippen LogP contribution is 2.42. The molecule has 16 heterocycles. The van der Waals surface area contributed by atoms with E-state index in [0.717, 1.165) is 225 Å². The monoisotopic (exact) mass is 2180 g/mol. The van der Waals surface area contributed by atoms with Crippen LogP contribution in [0.2, 0.25) is 5.28 Å². The van der Waals surface area contributed by atoms with Crippen molar-refractivity contribution in [3.8, 4) is 57.2 Å². The van der Waals surface area contributed by atoms with Crippen molar-refractivity contribution >= 4 is 182 Å². The zero-order valence-corrected chi connectivity index (χ0v) is 90.1. The fourth-order valence-corrected chi connectivity index (χ4v) is 22.3. The van der Waals surface area contributed by atoms with E-state index in [2.05, 4.69) is 106 Å². The van der Waals surface area contributed by atoms with E-state index in [4.69, 9.17) is 90.6 Å². The highest BCUT2D eigenvalue weighted by Gasteiger charge is 2.33. The standard InChI is InChI=1S/C28H33N5O4S.C26H33N5O4S.C21H25N5O2S.C20H28ClN5O3S.C6H7BO3.ClHN4.ClH/c1-2-4-21(34)7-8-25(36)32-11-9-31(10-12-32)19-23-18-24-26(38-23)28(33-13-15-37-16-14-33)30-27(29-24)20-5-3-6-22(35)17-20;1-26(2,3)35-25(33)31-9-7-29(8-10-31)17-20-16-21-22(36-20)24(30-11-13-34-14-12-30)28-23(27-21)18-5-4-6-19(32)15-18;27-16-3-1-2-15(12-16)20-23-18-13-17(14-25-6-4-22-5-7-25)29-19(18)21(24-20)26-8-10-28-11-9-26;1-20(2,3)29-19(27)26-6-4-24(5-7-26)13-14-12-15-16(30-14)17(23-18(21)22-15)25-8-10-28-11-9-25;8-6-3-1-2-5(4-6)7(9)10;1-3-5-4-2;/h2-6,17-18,35H,7-16,19H2,1H3;4-6,15-16,32H,7-14,17H2,1-3H3;1-3,12-13,22,27H,4-11,14H2;12H,4-11,13H2,1-3H3;1-4,8-10H;2H;1H/b4-2+;;;;;;. The average molecular weight is 2180 g/mol. The van der Waals surface area contributed by atoms with Gasteiger partial charge < -0.3 is 98.5 Å². The fraction of sp³-hybridized carbons (Fsp3) is 0.465. The Labute approximate surface area is 897 Å². The number of ketones is 1. The molecule has 40 nitrogen and oxygen atoms in total. The minimum absolute atomic E-state index is 0. The summed E-state index contributed by atoms with van der Waals surface area (Å²) < 4.78 is 40.1. The summed E-state index contributed by atoms with van der Waals surface area (Å²) in [5.41, 5.74) is 11.3. The maximum absolute atomic E-state index is 12.5. The molecule has 3 amide bonds. The summed E-state index contributed by atoms with van der Waals surface area (Å²) in [5, 5.41) is 64.7. The van der Waals surface area contributed by atoms with Gasteiger partial charge in [-0.25, -0.2) is 44.5 Å². The number of piperazine rings is 4. The molecule has 8 aromatic heterocycles. The first-order valence-corrected chi connectivity index (χ1v) is 53.5. The van der Waals surface area contributed by atoms with E-state index in [9.17, 15) is 34.5 Å². The first-order chi connectivity index (χ1) is 71.4. The second kappa shape index (κ2) is 54.5. The van der Waals surface area contributed by atoms with Gasteiger partial charge in [0.1, 0.15) is 34.2 Å². The number of rotatable bonds is 21. The van der Waals surface area contributed by atoms with Gasteiger partial charge in [0.05, 0.1) is 105 Å². The summed E-state index contributed by atoms with van der Waals surface area (Å²) in [6, 6.07) is 35.7. The Morgan fingerprint density at radius 1 is 0.430 bits per heavy atom. The molecule has 20 rings (SSSR count). The van der Waals surface area contributed by atoms with E-state index >= 15 is 0 Å². The van der Waals surface area contributed by atoms with Crippen LogP contribution in [0.5, 0.6) is 23.0 Å². The van der Waals surface area contributed by atoms with E-state index in [1.54, 1.807) is 117 Å². The van der Waals surface area contributed by atoms with Crippen LogP contribution in [0, 0.1) is 5.53 Å². The first kappa shape index (κ1) is 113. The van der Waals surface area contributed by atoms with Crippen LogP contribution in [0.15, 0.2) is 149 Å². The topological polar surface area (TPSA) is 457 Å². The molecule has 8 saturated heterocycles. The molecule has 0 radical (unpaired) electrons. The van der Waals surface area contributed by atoms with Crippen LogP contribution in [0.3, 0.4) is 0 Å². The first-order valence-electron chi connectivity index (χ1n) is 49.5. The Morgan fingerprint density at radius 3 is 1.04 bits per heavy atom. The number of aromatic nitrogens is 8. The number of phenolic OH excluding ortho intramolecular Hbond substituents is 4. The number of phenols is 4. The Hall–Kier alpha value is -11.4. The summed E-state index contributed by atoms with van der Waals surface area (Å²) in [6.45, 7) is 41.4. The molecule has 8 fully saturated rings. The quantitative estimate of drug-likeness (QED) is 0.0109. The number of nitrogens with one attached hydrogen (secondary N) is 2. The third-order valence-corrected chi connectivity index (χ3v) is 29.5. The minimum Gasteiger partial charge on any atom is -0.508 e. The van der Waals surface area contributed by atoms with E-state index < -0.39 is 18.3 Å². The Morgan fingerprint density at radius 2 is 0.745 bits per heavy atom. The number of fused-ring (bicyclic) bond motifs is 4. The SMILES string of the molecule is C/C=C/C(=O)CCC(=O)N1CCN(Cc2cc3nc(-c4cccc(O)c4)nc(N4CCOCC4)c3s2)CC1.CC(C)(C)OC(=O)N1CCN(Cc2cc3nc(-c4cccc(O)c4)nc(N4CCOCC4)c3s2)CC1.CC(C)(C)OC(=O)N1CCN(Cc2cc3nc(Cl)nc(N4CCOCC4)c3s2)CC1.Cl.N=NN=NCl.OB(O)c1cccc(O)c1.Oc1cccc(-c2nc(N3CCOCC3)c3sc(CN4CCNCC4)cc3n2)c1. The molecule has 0 atom stereocenters. The Balaban J connectivity index is 0.000000150. The summed E-state index contributed by atoms with van der Waals surface area (Å²) in [7, 11) is -1.51. The lowest BCUT2D eigenvalue weighted by atomic mass is 9.80. The number of halogens is 3. The van der Waals surface area contributed by atoms with Gasteiger partial charge in [-0.05, 0) is 155 Å². The molecule has 8 N–H and O–H groups in total.